The molecule has 1 saturated heterocycles. The molecule has 10 heteroatoms. The van der Waals surface area contributed by atoms with Crippen molar-refractivity contribution in [1.29, 1.82) is 0 Å². The number of amides is 2. The molecule has 118 valence electrons. The van der Waals surface area contributed by atoms with Crippen molar-refractivity contribution in [2.45, 2.75) is 18.6 Å². The largest absolute Gasteiger partial charge is 0.478 e. The number of nitrogens with two attached hydrogens (primary N) is 1. The number of ether oxygens (including phenoxy) is 2. The Balaban J connectivity index is 1.75. The van der Waals surface area contributed by atoms with Gasteiger partial charge in [0.1, 0.15) is 6.10 Å². The van der Waals surface area contributed by atoms with Crippen molar-refractivity contribution in [3.63, 3.8) is 0 Å². The van der Waals surface area contributed by atoms with Crippen LogP contribution >= 0.6 is 12.6 Å². The van der Waals surface area contributed by atoms with Crippen LogP contribution in [0.3, 0.4) is 0 Å². The molecule has 0 radical (unpaired) electrons. The molecule has 1 aromatic heterocycles. The number of aromatic nitrogens is 2. The van der Waals surface area contributed by atoms with Gasteiger partial charge in [0.25, 0.3) is 5.91 Å². The maximum Gasteiger partial charge on any atom is 0.417 e. The van der Waals surface area contributed by atoms with E-state index in [2.05, 4.69) is 27.9 Å². The number of thiol groups is 1. The van der Waals surface area contributed by atoms with Crippen molar-refractivity contribution in [1.82, 2.24) is 9.97 Å². The molecule has 0 bridgehead atoms. The summed E-state index contributed by atoms with van der Waals surface area (Å²) >= 11 is 4.11. The van der Waals surface area contributed by atoms with Crippen LogP contribution in [-0.4, -0.2) is 53.0 Å². The number of nitrogens with one attached hydrogen (secondary N) is 1. The summed E-state index contributed by atoms with van der Waals surface area (Å²) in [5.74, 6) is 0.955. The zero-order valence-corrected chi connectivity index (χ0v) is 12.5. The van der Waals surface area contributed by atoms with E-state index in [1.807, 2.05) is 0 Å². The average Bonchev–Trinajstić information content (AvgIpc) is 2.86. The van der Waals surface area contributed by atoms with Gasteiger partial charge in [-0.3, -0.25) is 4.79 Å². The van der Waals surface area contributed by atoms with Gasteiger partial charge in [0.2, 0.25) is 5.95 Å². The van der Waals surface area contributed by atoms with Crippen molar-refractivity contribution in [3.8, 4) is 5.75 Å². The maximum atomic E-state index is 11.9. The molecule has 0 unspecified atom stereocenters. The Bertz CT molecular complexity index is 613. The third kappa shape index (κ3) is 2.92. The maximum absolute atomic E-state index is 11.9. The van der Waals surface area contributed by atoms with Gasteiger partial charge in [-0.25, -0.2) is 14.7 Å². The van der Waals surface area contributed by atoms with Gasteiger partial charge in [0, 0.05) is 18.2 Å². The van der Waals surface area contributed by atoms with Crippen LogP contribution < -0.4 is 20.7 Å². The second-order valence-electron chi connectivity index (χ2n) is 5.01. The van der Waals surface area contributed by atoms with Crippen molar-refractivity contribution in [2.75, 3.05) is 29.1 Å². The minimum Gasteiger partial charge on any atom is -0.478 e. The van der Waals surface area contributed by atoms with Crippen LogP contribution in [0.2, 0.25) is 0 Å². The van der Waals surface area contributed by atoms with Gasteiger partial charge in [0.15, 0.2) is 18.2 Å². The van der Waals surface area contributed by atoms with Crippen LogP contribution in [0.1, 0.15) is 6.42 Å². The molecular formula is C12H15N5O4S. The number of carbonyl (C=O) groups is 2. The summed E-state index contributed by atoms with van der Waals surface area (Å²) in [6.07, 6.45) is 1.05. The van der Waals surface area contributed by atoms with E-state index in [1.54, 1.807) is 0 Å². The summed E-state index contributed by atoms with van der Waals surface area (Å²) in [7, 11) is 0. The molecule has 3 rings (SSSR count). The first-order valence-corrected chi connectivity index (χ1v) is 7.34. The van der Waals surface area contributed by atoms with E-state index in [4.69, 9.17) is 15.2 Å². The lowest BCUT2D eigenvalue weighted by molar-refractivity contribution is -0.118. The van der Waals surface area contributed by atoms with Crippen LogP contribution in [-0.2, 0) is 9.53 Å². The minimum absolute atomic E-state index is 0.0782. The summed E-state index contributed by atoms with van der Waals surface area (Å²) < 4.78 is 10.4. The Hall–Kier alpha value is -2.07. The highest BCUT2D eigenvalue weighted by molar-refractivity contribution is 7.80. The third-order valence-corrected chi connectivity index (χ3v) is 3.74. The number of nitrogens with zero attached hydrogens (tertiary/aromatic N) is 3. The summed E-state index contributed by atoms with van der Waals surface area (Å²) in [4.78, 5) is 32.8. The van der Waals surface area contributed by atoms with Gasteiger partial charge in [-0.2, -0.15) is 17.6 Å². The van der Waals surface area contributed by atoms with Gasteiger partial charge >= 0.3 is 6.09 Å². The number of hydrogen-bond donors (Lipinski definition) is 3. The van der Waals surface area contributed by atoms with Gasteiger partial charge in [0.05, 0.1) is 12.7 Å². The highest BCUT2D eigenvalue weighted by Crippen LogP contribution is 2.28. The first-order valence-electron chi connectivity index (χ1n) is 6.71. The fourth-order valence-electron chi connectivity index (χ4n) is 2.22. The van der Waals surface area contributed by atoms with Crippen LogP contribution in [0.5, 0.6) is 5.75 Å². The molecule has 1 aromatic rings. The van der Waals surface area contributed by atoms with Gasteiger partial charge in [-0.15, -0.1) is 0 Å². The standard InChI is InChI=1S/C12H15N5O4S/c13-6(5-22)1-7-3-17(12(19)21-7)11-14-2-8-10(16-11)15-9(18)4-20-8/h2,6-7,22H,1,3-5,13H2,(H,14,15,16,18)/t6-,7-/m0/s1. The Morgan fingerprint density at radius 3 is 3.14 bits per heavy atom. The number of rotatable bonds is 4. The predicted molar refractivity (Wildman–Crippen MR) is 80.2 cm³/mol. The van der Waals surface area contributed by atoms with E-state index in [9.17, 15) is 9.59 Å². The van der Waals surface area contributed by atoms with E-state index in [-0.39, 0.29) is 36.4 Å². The lowest BCUT2D eigenvalue weighted by Crippen LogP contribution is -2.32. The van der Waals surface area contributed by atoms with E-state index in [0.717, 1.165) is 0 Å². The van der Waals surface area contributed by atoms with Crippen molar-refractivity contribution in [2.24, 2.45) is 5.73 Å². The van der Waals surface area contributed by atoms with Crippen LogP contribution in [0, 0.1) is 0 Å². The summed E-state index contributed by atoms with van der Waals surface area (Å²) in [5.41, 5.74) is 5.81. The van der Waals surface area contributed by atoms with Crippen LogP contribution in [0.4, 0.5) is 16.6 Å². The third-order valence-electron chi connectivity index (χ3n) is 3.27. The molecule has 22 heavy (non-hydrogen) atoms. The monoisotopic (exact) mass is 325 g/mol. The zero-order valence-electron chi connectivity index (χ0n) is 11.6. The van der Waals surface area contributed by atoms with Crippen molar-refractivity contribution < 1.29 is 19.1 Å². The second-order valence-corrected chi connectivity index (χ2v) is 5.38. The summed E-state index contributed by atoms with van der Waals surface area (Å²) in [6, 6.07) is -0.154. The number of cyclic esters (lactones) is 1. The van der Waals surface area contributed by atoms with Gasteiger partial charge in [-0.1, -0.05) is 0 Å². The SMILES string of the molecule is N[C@H](CS)C[C@H]1CN(c2ncc3c(n2)NC(=O)CO3)C(=O)O1. The molecular weight excluding hydrogens is 310 g/mol. The Kier molecular flexibility index (Phi) is 4.03. The molecule has 1 fully saturated rings. The smallest absolute Gasteiger partial charge is 0.417 e. The van der Waals surface area contributed by atoms with Gasteiger partial charge < -0.3 is 20.5 Å². The van der Waals surface area contributed by atoms with Gasteiger partial charge in [-0.05, 0) is 0 Å². The minimum atomic E-state index is -0.542. The van der Waals surface area contributed by atoms with Crippen molar-refractivity contribution in [3.05, 3.63) is 6.20 Å². The average molecular weight is 325 g/mol. The number of anilines is 2. The van der Waals surface area contributed by atoms with Crippen molar-refractivity contribution >= 4 is 36.4 Å². The number of carbonyl (C=O) groups excluding carboxylic acids is 2. The molecule has 2 aliphatic rings. The van der Waals surface area contributed by atoms with E-state index < -0.39 is 6.09 Å². The molecule has 0 saturated carbocycles. The van der Waals surface area contributed by atoms with E-state index in [0.29, 0.717) is 24.5 Å². The fraction of sp³-hybridized carbons (Fsp3) is 0.500. The molecule has 0 spiro atoms. The molecule has 2 amide bonds. The fourth-order valence-corrected chi connectivity index (χ4v) is 2.37. The molecule has 3 N–H and O–H groups in total. The van der Waals surface area contributed by atoms with Crippen LogP contribution in [0.15, 0.2) is 6.20 Å². The lowest BCUT2D eigenvalue weighted by atomic mass is 10.1. The van der Waals surface area contributed by atoms with E-state index in [1.165, 1.54) is 11.1 Å². The predicted octanol–water partition coefficient (Wildman–Crippen LogP) is -0.220. The molecule has 3 heterocycles. The number of fused-ring (bicyclic) bond motifs is 1. The molecule has 0 aliphatic carbocycles. The Labute approximate surface area is 131 Å². The first-order chi connectivity index (χ1) is 10.6. The second kappa shape index (κ2) is 5.97. The molecule has 9 nitrogen and oxygen atoms in total. The zero-order chi connectivity index (χ0) is 15.7. The molecule has 2 aliphatic heterocycles. The lowest BCUT2D eigenvalue weighted by Gasteiger charge is -2.18. The normalized spacial score (nSPS) is 21.7. The molecule has 2 atom stereocenters. The highest BCUT2D eigenvalue weighted by Gasteiger charge is 2.35. The van der Waals surface area contributed by atoms with Crippen LogP contribution in [0.25, 0.3) is 0 Å². The summed E-state index contributed by atoms with van der Waals surface area (Å²) in [5, 5.41) is 2.57. The first kappa shape index (κ1) is 14.9. The Morgan fingerprint density at radius 2 is 2.36 bits per heavy atom. The summed E-state index contributed by atoms with van der Waals surface area (Å²) in [6.45, 7) is 0.221. The van der Waals surface area contributed by atoms with E-state index >= 15 is 0 Å². The quantitative estimate of drug-likeness (QED) is 0.655. The Morgan fingerprint density at radius 1 is 1.55 bits per heavy atom. The number of hydrogen-bond acceptors (Lipinski definition) is 8. The highest BCUT2D eigenvalue weighted by atomic mass is 32.1. The topological polar surface area (TPSA) is 120 Å². The molecule has 0 aromatic carbocycles.